The highest BCUT2D eigenvalue weighted by atomic mass is 79.9. The fourth-order valence-electron chi connectivity index (χ4n) is 3.28. The zero-order valence-electron chi connectivity index (χ0n) is 19.7. The Balaban J connectivity index is 0.000000145. The molecule has 0 spiro atoms. The van der Waals surface area contributed by atoms with Crippen molar-refractivity contribution in [3.63, 3.8) is 0 Å². The second-order valence-electron chi connectivity index (χ2n) is 7.92. The highest BCUT2D eigenvalue weighted by Gasteiger charge is 2.09. The summed E-state index contributed by atoms with van der Waals surface area (Å²) >= 11 is 6.46. The Morgan fingerprint density at radius 3 is 0.921 bits per heavy atom. The number of fused-ring (bicyclic) bond motifs is 3. The van der Waals surface area contributed by atoms with Gasteiger partial charge in [-0.15, -0.1) is 0 Å². The largest absolute Gasteiger partial charge is 0.488 e. The van der Waals surface area contributed by atoms with Gasteiger partial charge in [-0.05, 0) is 59.5 Å². The van der Waals surface area contributed by atoms with Crippen LogP contribution in [-0.4, -0.2) is 54.3 Å². The van der Waals surface area contributed by atoms with Crippen molar-refractivity contribution < 1.29 is 20.1 Å². The molecule has 0 atom stereocenters. The first-order valence-electron chi connectivity index (χ1n) is 11.3. The van der Waals surface area contributed by atoms with Crippen LogP contribution in [0.2, 0.25) is 0 Å². The highest BCUT2D eigenvalue weighted by Crippen LogP contribution is 2.16. The molecule has 38 heavy (non-hydrogen) atoms. The zero-order valence-corrected chi connectivity index (χ0v) is 22.9. The topological polar surface area (TPSA) is 132 Å². The van der Waals surface area contributed by atoms with E-state index in [1.165, 1.54) is 0 Å². The van der Waals surface area contributed by atoms with Crippen molar-refractivity contribution in [1.29, 1.82) is 0 Å². The van der Waals surface area contributed by atoms with Crippen LogP contribution in [0.1, 0.15) is 0 Å². The molecule has 2 heterocycles. The lowest BCUT2D eigenvalue weighted by molar-refractivity contribution is 0.424. The third-order valence-corrected chi connectivity index (χ3v) is 6.26. The highest BCUT2D eigenvalue weighted by molar-refractivity contribution is 9.10. The van der Waals surface area contributed by atoms with E-state index in [0.717, 1.165) is 31.0 Å². The Kier molecular flexibility index (Phi) is 9.51. The average molecular weight is 634 g/mol. The van der Waals surface area contributed by atoms with Gasteiger partial charge in [0.1, 0.15) is 0 Å². The third kappa shape index (κ3) is 7.41. The Morgan fingerprint density at radius 1 is 0.421 bits per heavy atom. The van der Waals surface area contributed by atoms with E-state index in [1.807, 2.05) is 48.5 Å². The molecule has 0 amide bonds. The van der Waals surface area contributed by atoms with E-state index in [2.05, 4.69) is 51.8 Å². The van der Waals surface area contributed by atoms with Gasteiger partial charge in [-0.25, -0.2) is 19.9 Å². The van der Waals surface area contributed by atoms with Crippen LogP contribution in [0.5, 0.6) is 0 Å². The van der Waals surface area contributed by atoms with Crippen LogP contribution in [0.3, 0.4) is 0 Å². The Morgan fingerprint density at radius 2 is 0.684 bits per heavy atom. The molecule has 0 saturated carbocycles. The second kappa shape index (κ2) is 13.0. The number of benzene rings is 4. The van der Waals surface area contributed by atoms with Gasteiger partial charge in [-0.3, -0.25) is 0 Å². The zero-order chi connectivity index (χ0) is 27.1. The van der Waals surface area contributed by atoms with E-state index < -0.39 is 14.2 Å². The van der Waals surface area contributed by atoms with Gasteiger partial charge in [-0.2, -0.15) is 0 Å². The van der Waals surface area contributed by atoms with E-state index in [-0.39, 0.29) is 0 Å². The summed E-state index contributed by atoms with van der Waals surface area (Å²) in [6.45, 7) is 0. The lowest BCUT2D eigenvalue weighted by Crippen LogP contribution is -2.29. The summed E-state index contributed by atoms with van der Waals surface area (Å²) < 4.78 is 1.86. The first kappa shape index (κ1) is 27.8. The van der Waals surface area contributed by atoms with Gasteiger partial charge in [-0.1, -0.05) is 80.4 Å². The maximum Gasteiger partial charge on any atom is 0.488 e. The molecule has 0 radical (unpaired) electrons. The van der Waals surface area contributed by atoms with E-state index in [4.69, 9.17) is 20.1 Å². The first-order chi connectivity index (χ1) is 18.3. The Labute approximate surface area is 235 Å². The quantitative estimate of drug-likeness (QED) is 0.169. The maximum absolute atomic E-state index is 8.65. The number of hydrogen-bond donors (Lipinski definition) is 4. The van der Waals surface area contributed by atoms with Crippen LogP contribution < -0.4 is 10.9 Å². The van der Waals surface area contributed by atoms with Gasteiger partial charge < -0.3 is 20.1 Å². The van der Waals surface area contributed by atoms with Crippen molar-refractivity contribution in [2.24, 2.45) is 0 Å². The standard InChI is InChI=1S/C14H8N4.2C6H6BBrO2/c1-2-6-10-9(5-1)15-13-14(16-10)18-12-8-4-3-7-11(12)17-13;2*8-6-3-1-5(2-4-6)7(9)10/h1-8H;2*1-4,9-10H. The minimum absolute atomic E-state index is 0.503. The molecule has 12 heteroatoms. The SMILES string of the molecule is OB(O)c1ccc(Br)cc1.OB(O)c1ccc(Br)cc1.c1ccc2nc3nc4ccccc4nc3nc2c1. The summed E-state index contributed by atoms with van der Waals surface area (Å²) in [6, 6.07) is 29.1. The predicted octanol–water partition coefficient (Wildman–Crippen LogP) is 2.98. The van der Waals surface area contributed by atoms with Crippen LogP contribution in [0.15, 0.2) is 106 Å². The Bertz CT molecular complexity index is 1460. The van der Waals surface area contributed by atoms with Crippen LogP contribution in [0, 0.1) is 0 Å². The fraction of sp³-hybridized carbons (Fsp3) is 0. The molecule has 188 valence electrons. The van der Waals surface area contributed by atoms with E-state index in [0.29, 0.717) is 22.2 Å². The average Bonchev–Trinajstić information content (AvgIpc) is 2.92. The number of nitrogens with zero attached hydrogens (tertiary/aromatic N) is 4. The molecular weight excluding hydrogens is 614 g/mol. The van der Waals surface area contributed by atoms with Crippen molar-refractivity contribution in [2.45, 2.75) is 0 Å². The summed E-state index contributed by atoms with van der Waals surface area (Å²) in [4.78, 5) is 18.0. The number of aromatic nitrogens is 4. The summed E-state index contributed by atoms with van der Waals surface area (Å²) in [5.41, 5.74) is 5.56. The summed E-state index contributed by atoms with van der Waals surface area (Å²) in [5.74, 6) is 0. The number of rotatable bonds is 2. The molecule has 0 aliphatic heterocycles. The molecule has 0 aliphatic carbocycles. The smallest absolute Gasteiger partial charge is 0.423 e. The van der Waals surface area contributed by atoms with Gasteiger partial charge in [0.05, 0.1) is 22.1 Å². The Hall–Kier alpha value is -3.25. The minimum Gasteiger partial charge on any atom is -0.423 e. The van der Waals surface area contributed by atoms with Crippen molar-refractivity contribution in [3.8, 4) is 0 Å². The molecule has 2 aromatic heterocycles. The number of hydrogen-bond acceptors (Lipinski definition) is 8. The number of halogens is 2. The van der Waals surface area contributed by atoms with E-state index in [1.54, 1.807) is 48.5 Å². The van der Waals surface area contributed by atoms with Crippen LogP contribution in [0.25, 0.3) is 33.4 Å². The number of para-hydroxylation sites is 4. The monoisotopic (exact) mass is 632 g/mol. The molecule has 0 unspecified atom stereocenters. The van der Waals surface area contributed by atoms with Gasteiger partial charge in [0.15, 0.2) is 11.3 Å². The predicted molar refractivity (Wildman–Crippen MR) is 158 cm³/mol. The van der Waals surface area contributed by atoms with Crippen molar-refractivity contribution in [3.05, 3.63) is 106 Å². The molecular formula is C26H20B2Br2N4O4. The second-order valence-corrected chi connectivity index (χ2v) is 9.75. The third-order valence-electron chi connectivity index (χ3n) is 5.21. The van der Waals surface area contributed by atoms with Crippen molar-refractivity contribution in [1.82, 2.24) is 19.9 Å². The van der Waals surface area contributed by atoms with Gasteiger partial charge >= 0.3 is 14.2 Å². The molecule has 0 aliphatic rings. The molecule has 0 saturated heterocycles. The van der Waals surface area contributed by atoms with Crippen molar-refractivity contribution in [2.75, 3.05) is 0 Å². The van der Waals surface area contributed by atoms with E-state index in [9.17, 15) is 0 Å². The van der Waals surface area contributed by atoms with Crippen LogP contribution in [0.4, 0.5) is 0 Å². The molecule has 4 aromatic carbocycles. The summed E-state index contributed by atoms with van der Waals surface area (Å²) in [6.07, 6.45) is 0. The molecule has 6 aromatic rings. The molecule has 6 rings (SSSR count). The van der Waals surface area contributed by atoms with Gasteiger partial charge in [0, 0.05) is 8.95 Å². The normalized spacial score (nSPS) is 10.4. The first-order valence-corrected chi connectivity index (χ1v) is 12.9. The molecule has 8 nitrogen and oxygen atoms in total. The fourth-order valence-corrected chi connectivity index (χ4v) is 3.81. The molecule has 4 N–H and O–H groups in total. The van der Waals surface area contributed by atoms with Crippen molar-refractivity contribution >= 4 is 90.4 Å². The molecule has 0 bridgehead atoms. The van der Waals surface area contributed by atoms with E-state index >= 15 is 0 Å². The van der Waals surface area contributed by atoms with Gasteiger partial charge in [0.2, 0.25) is 0 Å². The maximum atomic E-state index is 8.65. The summed E-state index contributed by atoms with van der Waals surface area (Å²) in [7, 11) is -2.73. The minimum atomic E-state index is -1.37. The van der Waals surface area contributed by atoms with Gasteiger partial charge in [0.25, 0.3) is 0 Å². The summed E-state index contributed by atoms with van der Waals surface area (Å²) in [5, 5.41) is 34.6. The van der Waals surface area contributed by atoms with Crippen LogP contribution in [-0.2, 0) is 0 Å². The lowest BCUT2D eigenvalue weighted by atomic mass is 9.81. The molecule has 0 fully saturated rings. The van der Waals surface area contributed by atoms with Crippen LogP contribution >= 0.6 is 31.9 Å². The lowest BCUT2D eigenvalue weighted by Gasteiger charge is -2.01.